The SMILES string of the molecule is c1ccc(C2NC(c3ccccc3)NC(c3ccc(-n4c5cc(-c6ccccc6)ccc5c5c6sc7ccccc7c6ccc54)cc3)N2)cc#1. The summed E-state index contributed by atoms with van der Waals surface area (Å²) in [6, 6.07) is 62.8. The van der Waals surface area contributed by atoms with Crippen LogP contribution in [0, 0.1) is 12.1 Å². The first-order valence-corrected chi connectivity index (χ1v) is 17.9. The third-order valence-corrected chi connectivity index (χ3v) is 11.2. The highest BCUT2D eigenvalue weighted by atomic mass is 32.1. The van der Waals surface area contributed by atoms with Crippen molar-refractivity contribution in [2.75, 3.05) is 0 Å². The fourth-order valence-corrected chi connectivity index (χ4v) is 8.85. The molecule has 238 valence electrons. The van der Waals surface area contributed by atoms with Crippen LogP contribution in [-0.4, -0.2) is 4.57 Å². The summed E-state index contributed by atoms with van der Waals surface area (Å²) in [7, 11) is 0. The molecule has 0 saturated carbocycles. The Labute approximate surface area is 294 Å². The van der Waals surface area contributed by atoms with Crippen LogP contribution in [0.25, 0.3) is 58.8 Å². The van der Waals surface area contributed by atoms with Crippen LogP contribution in [0.15, 0.2) is 158 Å². The van der Waals surface area contributed by atoms with Gasteiger partial charge in [-0.2, -0.15) is 0 Å². The van der Waals surface area contributed by atoms with Crippen molar-refractivity contribution in [1.82, 2.24) is 20.5 Å². The van der Waals surface area contributed by atoms with Gasteiger partial charge in [0.1, 0.15) is 0 Å². The average Bonchev–Trinajstić information content (AvgIpc) is 3.74. The number of benzene rings is 6. The number of thiophene rings is 1. The van der Waals surface area contributed by atoms with E-state index in [0.29, 0.717) is 0 Å². The first kappa shape index (κ1) is 29.2. The lowest BCUT2D eigenvalue weighted by molar-refractivity contribution is 0.203. The van der Waals surface area contributed by atoms with Crippen molar-refractivity contribution in [3.63, 3.8) is 0 Å². The summed E-state index contributed by atoms with van der Waals surface area (Å²) in [5.41, 5.74) is 9.48. The minimum Gasteiger partial charge on any atom is -0.309 e. The van der Waals surface area contributed by atoms with Gasteiger partial charge >= 0.3 is 0 Å². The Morgan fingerprint density at radius 3 is 1.94 bits per heavy atom. The smallest absolute Gasteiger partial charge is 0.0871 e. The van der Waals surface area contributed by atoms with Crippen molar-refractivity contribution < 1.29 is 0 Å². The zero-order valence-corrected chi connectivity index (χ0v) is 27.9. The van der Waals surface area contributed by atoms with Gasteiger partial charge in [0.15, 0.2) is 0 Å². The van der Waals surface area contributed by atoms with Crippen LogP contribution >= 0.6 is 11.3 Å². The van der Waals surface area contributed by atoms with Gasteiger partial charge in [0.25, 0.3) is 0 Å². The predicted octanol–water partition coefficient (Wildman–Crippen LogP) is 10.6. The molecule has 5 heteroatoms. The maximum Gasteiger partial charge on any atom is 0.0871 e. The van der Waals surface area contributed by atoms with Crippen LogP contribution in [0.2, 0.25) is 0 Å². The van der Waals surface area contributed by atoms with Gasteiger partial charge in [0, 0.05) is 36.6 Å². The van der Waals surface area contributed by atoms with Gasteiger partial charge in [-0.05, 0) is 76.3 Å². The van der Waals surface area contributed by atoms with Crippen molar-refractivity contribution in [2.24, 2.45) is 0 Å². The maximum absolute atomic E-state index is 3.81. The van der Waals surface area contributed by atoms with E-state index in [1.54, 1.807) is 0 Å². The predicted molar refractivity (Wildman–Crippen MR) is 207 cm³/mol. The molecule has 0 spiro atoms. The summed E-state index contributed by atoms with van der Waals surface area (Å²) < 4.78 is 5.11. The molecule has 1 aliphatic rings. The number of nitrogens with zero attached hydrogens (tertiary/aromatic N) is 1. The van der Waals surface area contributed by atoms with Crippen LogP contribution in [0.4, 0.5) is 0 Å². The molecule has 4 nitrogen and oxygen atoms in total. The molecule has 0 amide bonds. The number of aromatic nitrogens is 1. The molecule has 1 aliphatic heterocycles. The number of hydrogen-bond acceptors (Lipinski definition) is 4. The number of fused-ring (bicyclic) bond motifs is 7. The topological polar surface area (TPSA) is 41.0 Å². The number of nitrogens with one attached hydrogen (secondary N) is 3. The largest absolute Gasteiger partial charge is 0.309 e. The van der Waals surface area contributed by atoms with Crippen LogP contribution in [0.5, 0.6) is 0 Å². The van der Waals surface area contributed by atoms with Crippen LogP contribution in [0.1, 0.15) is 35.2 Å². The van der Waals surface area contributed by atoms with Gasteiger partial charge in [-0.15, -0.1) is 11.3 Å². The molecule has 50 heavy (non-hydrogen) atoms. The van der Waals surface area contributed by atoms with Crippen molar-refractivity contribution in [3.8, 4) is 16.8 Å². The van der Waals surface area contributed by atoms with Crippen LogP contribution in [0.3, 0.4) is 0 Å². The second-order valence-electron chi connectivity index (χ2n) is 12.9. The van der Waals surface area contributed by atoms with Gasteiger partial charge in [-0.25, -0.2) is 0 Å². The summed E-state index contributed by atoms with van der Waals surface area (Å²) in [5, 5.41) is 16.6. The molecule has 0 bridgehead atoms. The molecule has 2 aromatic heterocycles. The molecule has 1 saturated heterocycles. The Morgan fingerprint density at radius 2 is 1.18 bits per heavy atom. The molecule has 3 heterocycles. The summed E-state index contributed by atoms with van der Waals surface area (Å²) in [6.45, 7) is 0. The molecular formula is C45H32N4S. The fourth-order valence-electron chi connectivity index (χ4n) is 7.59. The van der Waals surface area contributed by atoms with Crippen LogP contribution < -0.4 is 16.0 Å². The Balaban J connectivity index is 1.11. The summed E-state index contributed by atoms with van der Waals surface area (Å²) in [4.78, 5) is 0. The highest BCUT2D eigenvalue weighted by Crippen LogP contribution is 2.44. The minimum atomic E-state index is -0.0781. The van der Waals surface area contributed by atoms with E-state index in [4.69, 9.17) is 0 Å². The van der Waals surface area contributed by atoms with E-state index in [1.165, 1.54) is 64.2 Å². The van der Waals surface area contributed by atoms with Gasteiger partial charge in [0.05, 0.1) is 29.5 Å². The molecule has 9 aromatic rings. The monoisotopic (exact) mass is 660 g/mol. The minimum absolute atomic E-state index is 0.0335. The van der Waals surface area contributed by atoms with Crippen molar-refractivity contribution in [3.05, 3.63) is 187 Å². The van der Waals surface area contributed by atoms with E-state index in [9.17, 15) is 0 Å². The Morgan fingerprint density at radius 1 is 0.500 bits per heavy atom. The van der Waals surface area contributed by atoms with Crippen LogP contribution in [-0.2, 0) is 0 Å². The number of rotatable bonds is 5. The second kappa shape index (κ2) is 12.0. The van der Waals surface area contributed by atoms with Gasteiger partial charge in [-0.3, -0.25) is 16.0 Å². The van der Waals surface area contributed by atoms with E-state index >= 15 is 0 Å². The van der Waals surface area contributed by atoms with E-state index in [0.717, 1.165) is 11.3 Å². The van der Waals surface area contributed by atoms with E-state index in [-0.39, 0.29) is 18.5 Å². The highest BCUT2D eigenvalue weighted by Gasteiger charge is 2.29. The third-order valence-electron chi connectivity index (χ3n) is 10.0. The number of hydrogen-bond donors (Lipinski definition) is 3. The summed E-state index contributed by atoms with van der Waals surface area (Å²) >= 11 is 1.89. The Kier molecular flexibility index (Phi) is 7.00. The average molecular weight is 661 g/mol. The molecule has 0 aliphatic carbocycles. The molecule has 10 rings (SSSR count). The van der Waals surface area contributed by atoms with E-state index < -0.39 is 0 Å². The maximum atomic E-state index is 3.81. The van der Waals surface area contributed by atoms with Crippen molar-refractivity contribution >= 4 is 53.3 Å². The van der Waals surface area contributed by atoms with Crippen molar-refractivity contribution in [1.29, 1.82) is 0 Å². The lowest BCUT2D eigenvalue weighted by Crippen LogP contribution is -2.54. The third kappa shape index (κ3) is 4.89. The molecule has 3 N–H and O–H groups in total. The van der Waals surface area contributed by atoms with E-state index in [2.05, 4.69) is 178 Å². The first-order chi connectivity index (χ1) is 24.8. The van der Waals surface area contributed by atoms with Gasteiger partial charge < -0.3 is 4.57 Å². The zero-order chi connectivity index (χ0) is 33.0. The summed E-state index contributed by atoms with van der Waals surface area (Å²) in [6.07, 6.45) is -0.172. The Bertz CT molecular complexity index is 2580. The molecule has 3 unspecified atom stereocenters. The van der Waals surface area contributed by atoms with Crippen molar-refractivity contribution in [2.45, 2.75) is 18.5 Å². The second-order valence-corrected chi connectivity index (χ2v) is 14.0. The lowest BCUT2D eigenvalue weighted by atomic mass is 10.0. The zero-order valence-electron chi connectivity index (χ0n) is 27.1. The fraction of sp³-hybridized carbons (Fsp3) is 0.0667. The highest BCUT2D eigenvalue weighted by molar-refractivity contribution is 7.26. The quantitative estimate of drug-likeness (QED) is 0.172. The first-order valence-electron chi connectivity index (χ1n) is 17.0. The molecule has 7 aromatic carbocycles. The molecule has 0 radical (unpaired) electrons. The lowest BCUT2D eigenvalue weighted by Gasteiger charge is -2.39. The normalized spacial score (nSPS) is 17.8. The van der Waals surface area contributed by atoms with Gasteiger partial charge in [0.2, 0.25) is 0 Å². The standard InChI is InChI=1S/C45H32N4S/c1-4-12-29(13-5-1)33-22-25-37-39(28-33)49(38-27-26-36-35-18-10-11-19-40(35)50-42(36)41(37)38)34-23-20-32(21-24-34)45-47-43(30-14-6-2-7-15-30)46-44(48-45)31-16-8-3-9-17-31/h1-2,4-8,10-28,43-48H. The molecular weight excluding hydrogens is 629 g/mol. The van der Waals surface area contributed by atoms with E-state index in [1.807, 2.05) is 23.5 Å². The Hall–Kier alpha value is -5.74. The molecule has 3 atom stereocenters. The molecule has 1 fully saturated rings. The summed E-state index contributed by atoms with van der Waals surface area (Å²) in [5.74, 6) is 0. The van der Waals surface area contributed by atoms with Gasteiger partial charge in [-0.1, -0.05) is 121 Å².